The summed E-state index contributed by atoms with van der Waals surface area (Å²) in [6.45, 7) is -1.18. The Morgan fingerprint density at radius 2 is 1.83 bits per heavy atom. The van der Waals surface area contributed by atoms with Crippen molar-refractivity contribution < 1.29 is 23.0 Å². The molecule has 2 aromatic rings. The summed E-state index contributed by atoms with van der Waals surface area (Å²) in [5.74, 6) is -0.998. The Morgan fingerprint density at radius 1 is 1.17 bits per heavy atom. The van der Waals surface area contributed by atoms with Gasteiger partial charge in [0.25, 0.3) is 0 Å². The van der Waals surface area contributed by atoms with Gasteiger partial charge in [-0.2, -0.15) is 8.78 Å². The average Bonchev–Trinajstić information content (AvgIpc) is 2.68. The quantitative estimate of drug-likeness (QED) is 0.621. The summed E-state index contributed by atoms with van der Waals surface area (Å²) in [5.41, 5.74) is 0.222. The molecule has 0 saturated carbocycles. The molecule has 0 radical (unpaired) electrons. The molecule has 1 fully saturated rings. The number of hydrogen-bond acceptors (Lipinski definition) is 4. The van der Waals surface area contributed by atoms with Crippen molar-refractivity contribution in [3.63, 3.8) is 0 Å². The molecule has 6 nitrogen and oxygen atoms in total. The summed E-state index contributed by atoms with van der Waals surface area (Å²) in [5, 5.41) is 9.30. The number of nitrogens with one attached hydrogen (secondary N) is 3. The minimum absolute atomic E-state index is 0.0278. The number of anilines is 1. The van der Waals surface area contributed by atoms with Gasteiger partial charge in [-0.05, 0) is 49.0 Å². The van der Waals surface area contributed by atoms with E-state index in [-0.39, 0.29) is 11.7 Å². The van der Waals surface area contributed by atoms with Crippen LogP contribution in [0.3, 0.4) is 0 Å². The molecule has 1 aliphatic heterocycles. The topological polar surface area (TPSA) is 71.6 Å². The van der Waals surface area contributed by atoms with Crippen LogP contribution in [0.4, 0.5) is 14.5 Å². The Balaban J connectivity index is 1.93. The van der Waals surface area contributed by atoms with Gasteiger partial charge in [-0.3, -0.25) is 4.79 Å². The van der Waals surface area contributed by atoms with E-state index in [0.717, 1.165) is 0 Å². The number of carbonyl (C=O) groups excluding carboxylic acids is 1. The van der Waals surface area contributed by atoms with E-state index in [9.17, 15) is 13.6 Å². The van der Waals surface area contributed by atoms with Crippen LogP contribution in [0.15, 0.2) is 54.6 Å². The zero-order valence-electron chi connectivity index (χ0n) is 15.8. The summed E-state index contributed by atoms with van der Waals surface area (Å²) < 4.78 is 34.9. The zero-order valence-corrected chi connectivity index (χ0v) is 16.6. The van der Waals surface area contributed by atoms with Crippen molar-refractivity contribution in [3.05, 3.63) is 60.2 Å². The lowest BCUT2D eigenvalue weighted by Crippen LogP contribution is -2.66. The summed E-state index contributed by atoms with van der Waals surface area (Å²) in [6, 6.07) is 14.6. The van der Waals surface area contributed by atoms with Gasteiger partial charge in [-0.15, -0.1) is 0 Å². The smallest absolute Gasteiger partial charge is 0.387 e. The minimum Gasteiger partial charge on any atom is -0.435 e. The fraction of sp³-hybridized carbons (Fsp3) is 0.300. The number of hydrogen-bond donors (Lipinski definition) is 3. The first-order valence-electron chi connectivity index (χ1n) is 8.87. The number of ether oxygens (including phenoxy) is 2. The van der Waals surface area contributed by atoms with Gasteiger partial charge in [0.1, 0.15) is 11.7 Å². The van der Waals surface area contributed by atoms with Gasteiger partial charge < -0.3 is 25.4 Å². The van der Waals surface area contributed by atoms with Crippen LogP contribution >= 0.6 is 12.2 Å². The van der Waals surface area contributed by atoms with Gasteiger partial charge in [0.2, 0.25) is 5.91 Å². The molecule has 3 rings (SSSR count). The first-order chi connectivity index (χ1) is 13.8. The first kappa shape index (κ1) is 20.9. The molecule has 0 aliphatic carbocycles. The number of halogens is 2. The van der Waals surface area contributed by atoms with Gasteiger partial charge in [0.15, 0.2) is 10.8 Å². The maximum absolute atomic E-state index is 13.2. The first-order valence-corrected chi connectivity index (χ1v) is 9.28. The normalized spacial score (nSPS) is 23.8. The molecule has 1 heterocycles. The molecular weight excluding hydrogens is 400 g/mol. The Morgan fingerprint density at radius 3 is 2.41 bits per heavy atom. The third kappa shape index (κ3) is 4.80. The van der Waals surface area contributed by atoms with E-state index in [1.54, 1.807) is 31.2 Å². The van der Waals surface area contributed by atoms with Gasteiger partial charge >= 0.3 is 6.61 Å². The lowest BCUT2D eigenvalue weighted by molar-refractivity contribution is -0.137. The molecule has 0 spiro atoms. The van der Waals surface area contributed by atoms with E-state index in [0.29, 0.717) is 16.4 Å². The molecule has 0 unspecified atom stereocenters. The zero-order chi connectivity index (χ0) is 21.0. The standard InChI is InChI=1S/C20H21F2N3O3S/c1-20(27-2)15(17(26)23-13-6-4-3-5-7-13)16(24-19(29)25-20)12-8-10-14(11-9-12)28-18(21)22/h3-11,15-16,18H,1-2H3,(H,23,26)(H2,24,25,29)/t15-,16-,20+/m0/s1. The Hall–Kier alpha value is -2.78. The second-order valence-electron chi connectivity index (χ2n) is 6.67. The van der Waals surface area contributed by atoms with Gasteiger partial charge in [-0.25, -0.2) is 0 Å². The van der Waals surface area contributed by atoms with E-state index in [2.05, 4.69) is 20.7 Å². The van der Waals surface area contributed by atoms with E-state index in [4.69, 9.17) is 17.0 Å². The van der Waals surface area contributed by atoms with E-state index in [1.165, 1.54) is 19.2 Å². The van der Waals surface area contributed by atoms with Gasteiger partial charge in [0, 0.05) is 12.8 Å². The van der Waals surface area contributed by atoms with Crippen LogP contribution in [-0.2, 0) is 9.53 Å². The van der Waals surface area contributed by atoms with E-state index in [1.807, 2.05) is 18.2 Å². The largest absolute Gasteiger partial charge is 0.435 e. The number of carbonyl (C=O) groups is 1. The molecule has 9 heteroatoms. The minimum atomic E-state index is -2.91. The van der Waals surface area contributed by atoms with E-state index < -0.39 is 24.3 Å². The Bertz CT molecular complexity index is 867. The molecule has 3 atom stereocenters. The predicted molar refractivity (Wildman–Crippen MR) is 109 cm³/mol. The van der Waals surface area contributed by atoms with Crippen LogP contribution in [0.1, 0.15) is 18.5 Å². The number of alkyl halides is 2. The number of thiocarbonyl (C=S) groups is 1. The molecule has 0 bridgehead atoms. The van der Waals surface area contributed by atoms with Crippen LogP contribution in [0, 0.1) is 5.92 Å². The Kier molecular flexibility index (Phi) is 6.29. The second kappa shape index (κ2) is 8.71. The van der Waals surface area contributed by atoms with Crippen molar-refractivity contribution in [2.24, 2.45) is 5.92 Å². The van der Waals surface area contributed by atoms with Gasteiger partial charge in [0.05, 0.1) is 6.04 Å². The third-order valence-corrected chi connectivity index (χ3v) is 5.01. The monoisotopic (exact) mass is 421 g/mol. The highest BCUT2D eigenvalue weighted by molar-refractivity contribution is 7.80. The highest BCUT2D eigenvalue weighted by Crippen LogP contribution is 2.36. The lowest BCUT2D eigenvalue weighted by atomic mass is 9.82. The fourth-order valence-electron chi connectivity index (χ4n) is 3.34. The van der Waals surface area contributed by atoms with Crippen LogP contribution < -0.4 is 20.7 Å². The molecule has 29 heavy (non-hydrogen) atoms. The highest BCUT2D eigenvalue weighted by atomic mass is 32.1. The highest BCUT2D eigenvalue weighted by Gasteiger charge is 2.49. The molecule has 154 valence electrons. The molecule has 0 aromatic heterocycles. The third-order valence-electron chi connectivity index (χ3n) is 4.79. The molecular formula is C20H21F2N3O3S. The number of para-hydroxylation sites is 1. The number of rotatable bonds is 6. The van der Waals surface area contributed by atoms with Crippen LogP contribution in [0.25, 0.3) is 0 Å². The van der Waals surface area contributed by atoms with Crippen LogP contribution in [-0.4, -0.2) is 30.5 Å². The maximum Gasteiger partial charge on any atom is 0.387 e. The SMILES string of the molecule is CO[C@@]1(C)NC(=S)N[C@@H](c2ccc(OC(F)F)cc2)[C@H]1C(=O)Nc1ccccc1. The van der Waals surface area contributed by atoms with Crippen molar-refractivity contribution in [3.8, 4) is 5.75 Å². The van der Waals surface area contributed by atoms with Gasteiger partial charge in [-0.1, -0.05) is 30.3 Å². The molecule has 3 N–H and O–H groups in total. The summed E-state index contributed by atoms with van der Waals surface area (Å²) in [7, 11) is 1.49. The molecule has 2 aromatic carbocycles. The molecule has 1 amide bonds. The van der Waals surface area contributed by atoms with Crippen molar-refractivity contribution >= 4 is 28.9 Å². The van der Waals surface area contributed by atoms with Crippen molar-refractivity contribution in [2.75, 3.05) is 12.4 Å². The number of methoxy groups -OCH3 is 1. The average molecular weight is 421 g/mol. The molecule has 1 aliphatic rings. The maximum atomic E-state index is 13.2. The second-order valence-corrected chi connectivity index (χ2v) is 7.08. The van der Waals surface area contributed by atoms with Crippen molar-refractivity contribution in [1.29, 1.82) is 0 Å². The predicted octanol–water partition coefficient (Wildman–Crippen LogP) is 3.42. The van der Waals surface area contributed by atoms with Crippen molar-refractivity contribution in [2.45, 2.75) is 25.3 Å². The number of amides is 1. The number of benzene rings is 2. The Labute approximate surface area is 172 Å². The van der Waals surface area contributed by atoms with E-state index >= 15 is 0 Å². The van der Waals surface area contributed by atoms with Crippen molar-refractivity contribution in [1.82, 2.24) is 10.6 Å². The summed E-state index contributed by atoms with van der Waals surface area (Å²) in [4.78, 5) is 13.2. The lowest BCUT2D eigenvalue weighted by Gasteiger charge is -2.46. The fourth-order valence-corrected chi connectivity index (χ4v) is 3.66. The van der Waals surface area contributed by atoms with Crippen LogP contribution in [0.2, 0.25) is 0 Å². The summed E-state index contributed by atoms with van der Waals surface area (Å²) in [6.07, 6.45) is 0. The summed E-state index contributed by atoms with van der Waals surface area (Å²) >= 11 is 5.29. The van der Waals surface area contributed by atoms with Crippen LogP contribution in [0.5, 0.6) is 5.75 Å². The molecule has 1 saturated heterocycles.